The van der Waals surface area contributed by atoms with Crippen molar-refractivity contribution in [1.29, 1.82) is 0 Å². The third-order valence-corrected chi connectivity index (χ3v) is 6.98. The molecule has 9 nitrogen and oxygen atoms in total. The zero-order chi connectivity index (χ0) is 23.1. The van der Waals surface area contributed by atoms with E-state index >= 15 is 0 Å². The molecule has 1 aliphatic carbocycles. The number of carbonyl (C=O) groups is 1. The van der Waals surface area contributed by atoms with Crippen molar-refractivity contribution < 1.29 is 4.79 Å². The molecular formula is C23H25N7O2S. The van der Waals surface area contributed by atoms with Gasteiger partial charge in [-0.05, 0) is 58.1 Å². The summed E-state index contributed by atoms with van der Waals surface area (Å²) < 4.78 is 3.07. The number of aryl methyl sites for hydroxylation is 6. The van der Waals surface area contributed by atoms with Crippen molar-refractivity contribution in [3.63, 3.8) is 0 Å². The molecule has 0 atom stereocenters. The zero-order valence-corrected chi connectivity index (χ0v) is 19.7. The highest BCUT2D eigenvalue weighted by Crippen LogP contribution is 2.33. The van der Waals surface area contributed by atoms with Gasteiger partial charge in [-0.3, -0.25) is 14.2 Å². The fourth-order valence-electron chi connectivity index (χ4n) is 4.31. The zero-order valence-electron chi connectivity index (χ0n) is 18.9. The lowest BCUT2D eigenvalue weighted by atomic mass is 9.97. The summed E-state index contributed by atoms with van der Waals surface area (Å²) in [6.45, 7) is 5.88. The summed E-state index contributed by atoms with van der Waals surface area (Å²) in [4.78, 5) is 41.3. The first-order valence-electron chi connectivity index (χ1n) is 11.1. The van der Waals surface area contributed by atoms with Crippen molar-refractivity contribution in [1.82, 2.24) is 29.3 Å². The Balaban J connectivity index is 1.34. The summed E-state index contributed by atoms with van der Waals surface area (Å²) in [5, 5.41) is 8.05. The summed E-state index contributed by atoms with van der Waals surface area (Å²) in [7, 11) is 0. The summed E-state index contributed by atoms with van der Waals surface area (Å²) in [5.74, 6) is 0.680. The topological polar surface area (TPSA) is 108 Å². The molecule has 33 heavy (non-hydrogen) atoms. The normalized spacial score (nSPS) is 13.3. The van der Waals surface area contributed by atoms with E-state index in [2.05, 4.69) is 25.4 Å². The van der Waals surface area contributed by atoms with E-state index in [0.29, 0.717) is 11.8 Å². The largest absolute Gasteiger partial charge is 0.310 e. The van der Waals surface area contributed by atoms with Crippen molar-refractivity contribution in [3.05, 3.63) is 56.3 Å². The smallest absolute Gasteiger partial charge is 0.262 e. The first kappa shape index (κ1) is 21.4. The van der Waals surface area contributed by atoms with Crippen molar-refractivity contribution in [2.75, 3.05) is 5.32 Å². The van der Waals surface area contributed by atoms with E-state index in [1.165, 1.54) is 9.56 Å². The Morgan fingerprint density at radius 3 is 2.64 bits per heavy atom. The third-order valence-electron chi connectivity index (χ3n) is 5.78. The molecule has 0 fully saturated rings. The van der Waals surface area contributed by atoms with Crippen LogP contribution in [0, 0.1) is 20.8 Å². The lowest BCUT2D eigenvalue weighted by Gasteiger charge is -2.11. The number of carbonyl (C=O) groups excluding carboxylic acids is 1. The monoisotopic (exact) mass is 463 g/mol. The number of nitrogens with one attached hydrogen (secondary N) is 1. The van der Waals surface area contributed by atoms with Crippen LogP contribution < -0.4 is 10.9 Å². The number of nitrogens with zero attached hydrogens (tertiary/aromatic N) is 6. The van der Waals surface area contributed by atoms with Crippen LogP contribution >= 0.6 is 11.3 Å². The van der Waals surface area contributed by atoms with E-state index in [-0.39, 0.29) is 24.4 Å². The number of amides is 1. The third kappa shape index (κ3) is 4.18. The van der Waals surface area contributed by atoms with Crippen molar-refractivity contribution in [2.24, 2.45) is 0 Å². The molecule has 4 aromatic heterocycles. The van der Waals surface area contributed by atoms with Gasteiger partial charge in [0.15, 0.2) is 0 Å². The van der Waals surface area contributed by atoms with Gasteiger partial charge in [0, 0.05) is 35.3 Å². The first-order valence-corrected chi connectivity index (χ1v) is 11.9. The Bertz CT molecular complexity index is 1410. The van der Waals surface area contributed by atoms with E-state index in [9.17, 15) is 9.59 Å². The molecule has 5 rings (SSSR count). The van der Waals surface area contributed by atoms with Gasteiger partial charge in [-0.2, -0.15) is 9.78 Å². The standard InChI is InChI=1S/C23H25N7O2S/c1-13-10-14(2)26-23(25-13)30-18(11-15(3)28-30)27-19(31)8-9-29-12-24-21-20(22(29)32)16-6-4-5-7-17(16)33-21/h10-12H,4-9H2,1-3H3,(H,27,31). The van der Waals surface area contributed by atoms with Gasteiger partial charge in [-0.25, -0.2) is 15.0 Å². The van der Waals surface area contributed by atoms with E-state index in [1.807, 2.05) is 26.8 Å². The number of aromatic nitrogens is 6. The minimum atomic E-state index is -0.222. The van der Waals surface area contributed by atoms with E-state index < -0.39 is 0 Å². The molecular weight excluding hydrogens is 438 g/mol. The molecule has 0 aliphatic heterocycles. The molecule has 170 valence electrons. The quantitative estimate of drug-likeness (QED) is 0.487. The first-order chi connectivity index (χ1) is 15.9. The van der Waals surface area contributed by atoms with Crippen LogP contribution in [-0.2, 0) is 24.2 Å². The SMILES string of the molecule is Cc1cc(C)nc(-n2nc(C)cc2NC(=O)CCn2cnc3sc4c(c3c2=O)CCCC4)n1. The molecule has 1 N–H and O–H groups in total. The highest BCUT2D eigenvalue weighted by molar-refractivity contribution is 7.18. The molecule has 1 aliphatic rings. The lowest BCUT2D eigenvalue weighted by Crippen LogP contribution is -2.24. The average Bonchev–Trinajstić information content (AvgIpc) is 3.33. The molecule has 0 bridgehead atoms. The fraction of sp³-hybridized carbons (Fsp3) is 0.391. The van der Waals surface area contributed by atoms with Gasteiger partial charge in [0.2, 0.25) is 5.91 Å². The maximum Gasteiger partial charge on any atom is 0.262 e. The summed E-state index contributed by atoms with van der Waals surface area (Å²) in [6, 6.07) is 3.65. The average molecular weight is 464 g/mol. The number of rotatable bonds is 5. The Morgan fingerprint density at radius 2 is 1.85 bits per heavy atom. The van der Waals surface area contributed by atoms with Crippen molar-refractivity contribution in [2.45, 2.75) is 59.4 Å². The Labute approximate surface area is 194 Å². The van der Waals surface area contributed by atoms with E-state index in [0.717, 1.165) is 58.5 Å². The van der Waals surface area contributed by atoms with Gasteiger partial charge in [0.1, 0.15) is 10.6 Å². The molecule has 1 amide bonds. The van der Waals surface area contributed by atoms with Crippen molar-refractivity contribution in [3.8, 4) is 5.95 Å². The van der Waals surface area contributed by atoms with Crippen LogP contribution in [-0.4, -0.2) is 35.2 Å². The Morgan fingerprint density at radius 1 is 1.09 bits per heavy atom. The van der Waals surface area contributed by atoms with Crippen LogP contribution in [0.5, 0.6) is 0 Å². The molecule has 0 unspecified atom stereocenters. The molecule has 0 aromatic carbocycles. The van der Waals surface area contributed by atoms with Crippen LogP contribution in [0.2, 0.25) is 0 Å². The van der Waals surface area contributed by atoms with Gasteiger partial charge in [0.05, 0.1) is 17.4 Å². The minimum absolute atomic E-state index is 0.0586. The van der Waals surface area contributed by atoms with Crippen LogP contribution in [0.1, 0.15) is 46.8 Å². The highest BCUT2D eigenvalue weighted by Gasteiger charge is 2.20. The molecule has 0 saturated heterocycles. The fourth-order valence-corrected chi connectivity index (χ4v) is 5.53. The van der Waals surface area contributed by atoms with Crippen LogP contribution in [0.4, 0.5) is 5.82 Å². The van der Waals surface area contributed by atoms with Crippen LogP contribution in [0.3, 0.4) is 0 Å². The Kier molecular flexibility index (Phi) is 5.53. The second kappa shape index (κ2) is 8.51. The number of fused-ring (bicyclic) bond motifs is 3. The van der Waals surface area contributed by atoms with Gasteiger partial charge < -0.3 is 5.32 Å². The molecule has 4 aromatic rings. The van der Waals surface area contributed by atoms with E-state index in [4.69, 9.17) is 0 Å². The molecule has 0 radical (unpaired) electrons. The second-order valence-corrected chi connectivity index (χ2v) is 9.55. The number of anilines is 1. The predicted molar refractivity (Wildman–Crippen MR) is 127 cm³/mol. The second-order valence-electron chi connectivity index (χ2n) is 8.47. The van der Waals surface area contributed by atoms with Crippen molar-refractivity contribution >= 4 is 33.3 Å². The lowest BCUT2D eigenvalue weighted by molar-refractivity contribution is -0.116. The van der Waals surface area contributed by atoms with Gasteiger partial charge >= 0.3 is 0 Å². The van der Waals surface area contributed by atoms with Crippen LogP contribution in [0.25, 0.3) is 16.2 Å². The minimum Gasteiger partial charge on any atom is -0.310 e. The Hall–Kier alpha value is -3.40. The summed E-state index contributed by atoms with van der Waals surface area (Å²) in [6.07, 6.45) is 5.91. The van der Waals surface area contributed by atoms with Crippen LogP contribution in [0.15, 0.2) is 23.3 Å². The van der Waals surface area contributed by atoms with Gasteiger partial charge in [-0.15, -0.1) is 11.3 Å². The van der Waals surface area contributed by atoms with E-state index in [1.54, 1.807) is 28.3 Å². The number of hydrogen-bond acceptors (Lipinski definition) is 7. The molecule has 0 spiro atoms. The van der Waals surface area contributed by atoms with Gasteiger partial charge in [0.25, 0.3) is 11.5 Å². The number of hydrogen-bond donors (Lipinski definition) is 1. The summed E-state index contributed by atoms with van der Waals surface area (Å²) >= 11 is 1.63. The van der Waals surface area contributed by atoms with Gasteiger partial charge in [-0.1, -0.05) is 0 Å². The molecule has 0 saturated carbocycles. The maximum absolute atomic E-state index is 13.1. The summed E-state index contributed by atoms with van der Waals surface area (Å²) in [5.41, 5.74) is 3.48. The maximum atomic E-state index is 13.1. The highest BCUT2D eigenvalue weighted by atomic mass is 32.1. The number of thiophene rings is 1. The molecule has 4 heterocycles. The molecule has 10 heteroatoms. The predicted octanol–water partition coefficient (Wildman–Crippen LogP) is 3.27.